The summed E-state index contributed by atoms with van der Waals surface area (Å²) in [6.45, 7) is -0.250. The van der Waals surface area contributed by atoms with E-state index in [0.29, 0.717) is 58.2 Å². The number of benzene rings is 8. The van der Waals surface area contributed by atoms with E-state index in [2.05, 4.69) is 232 Å². The minimum absolute atomic E-state index is 0. The molecule has 32 heteroatoms. The number of nitrogens with zero attached hydrogens (tertiary/aromatic N) is 5. The number of esters is 6. The van der Waals surface area contributed by atoms with E-state index in [-0.39, 0.29) is 52.9 Å². The SMILES string of the molecule is C.COC(=O)C1C2C=CC(C2)C1C(=O)OCC(F)(F)S(=O)(=O)O.COC(=O)c1ccc(-c2nnc(C)nn2)cc1.COC(=O)c1ccc(C2=C3C4CC(C3C(C)=NN2)C(C(=O)OC)C4C(=O)OCC(F)(F)S(=O)(=O)O)cc1.c1ccc([S+](c2ccccc2)c2ccccc2)cc1.c1ccc([S+](c2ccccc2)c2ccccc2)cc1. The van der Waals surface area contributed by atoms with Gasteiger partial charge in [0.25, 0.3) is 0 Å². The predicted molar refractivity (Wildman–Crippen MR) is 419 cm³/mol. The second-order valence-electron chi connectivity index (χ2n) is 26.1. The fourth-order valence-corrected chi connectivity index (χ4v) is 18.6. The smallest absolute Gasteiger partial charge is 0.402 e. The van der Waals surface area contributed by atoms with Crippen molar-refractivity contribution in [3.63, 3.8) is 0 Å². The minimum Gasteiger partial charge on any atom is -0.469 e. The number of nitrogens with one attached hydrogen (secondary N) is 1. The molecule has 9 aromatic rings. The van der Waals surface area contributed by atoms with Gasteiger partial charge in [-0.15, -0.1) is 20.4 Å². The Balaban J connectivity index is 0.000000170. The molecular formula is C83H82F4N6O18S4+2. The van der Waals surface area contributed by atoms with Crippen molar-refractivity contribution in [1.29, 1.82) is 0 Å². The third kappa shape index (κ3) is 21.0. The van der Waals surface area contributed by atoms with Gasteiger partial charge in [-0.05, 0) is 159 Å². The number of hydrogen-bond donors (Lipinski definition) is 3. The lowest BCUT2D eigenvalue weighted by atomic mass is 9.68. The van der Waals surface area contributed by atoms with Crippen LogP contribution in [0.1, 0.15) is 59.3 Å². The fourth-order valence-electron chi connectivity index (χ4n) is 13.9. The minimum atomic E-state index is -5.82. The maximum atomic E-state index is 13.7. The van der Waals surface area contributed by atoms with Gasteiger partial charge < -0.3 is 28.4 Å². The zero-order valence-electron chi connectivity index (χ0n) is 61.9. The lowest BCUT2D eigenvalue weighted by Crippen LogP contribution is -2.45. The molecule has 3 fully saturated rings. The van der Waals surface area contributed by atoms with Gasteiger partial charge in [0.05, 0.1) is 90.7 Å². The largest absolute Gasteiger partial charge is 0.469 e. The highest BCUT2D eigenvalue weighted by Gasteiger charge is 2.64. The van der Waals surface area contributed by atoms with Crippen LogP contribution in [0.2, 0.25) is 0 Å². The zero-order valence-corrected chi connectivity index (χ0v) is 65.2. The van der Waals surface area contributed by atoms with Crippen LogP contribution in [0.15, 0.2) is 283 Å². The highest BCUT2D eigenvalue weighted by atomic mass is 32.2. The Bertz CT molecular complexity index is 4870. The number of aryl methyl sites for hydroxylation is 1. The molecule has 115 heavy (non-hydrogen) atoms. The van der Waals surface area contributed by atoms with E-state index in [9.17, 15) is 63.2 Å². The second kappa shape index (κ2) is 39.2. The van der Waals surface area contributed by atoms with Gasteiger partial charge in [0.2, 0.25) is 5.82 Å². The van der Waals surface area contributed by atoms with Crippen LogP contribution in [0.3, 0.4) is 0 Å². The first-order valence-electron chi connectivity index (χ1n) is 35.1. The van der Waals surface area contributed by atoms with E-state index in [0.717, 1.165) is 19.8 Å². The van der Waals surface area contributed by atoms with Crippen LogP contribution >= 0.6 is 0 Å². The van der Waals surface area contributed by atoms with Gasteiger partial charge in [0.1, 0.15) is 0 Å². The average Bonchev–Trinajstić information content (AvgIpc) is 1.55. The van der Waals surface area contributed by atoms with Gasteiger partial charge in [-0.25, -0.2) is 9.59 Å². The molecule has 24 nitrogen and oxygen atoms in total. The molecule has 1 aliphatic heterocycles. The second-order valence-corrected chi connectivity index (χ2v) is 33.3. The predicted octanol–water partition coefficient (Wildman–Crippen LogP) is 13.7. The Morgan fingerprint density at radius 1 is 0.443 bits per heavy atom. The van der Waals surface area contributed by atoms with E-state index in [1.807, 2.05) is 0 Å². The summed E-state index contributed by atoms with van der Waals surface area (Å²) >= 11 is 0. The summed E-state index contributed by atoms with van der Waals surface area (Å²) < 4.78 is 141. The first-order valence-corrected chi connectivity index (χ1v) is 40.5. The molecule has 0 amide bonds. The standard InChI is InChI=1S/C23H24F2N2O9S.2C18H15S.C12H14F2O7S.C11H10N4O2.CH4/c1-10-15-13-8-14(16(15)19(27-26-10)11-4-6-12(7-5-11)20(28)34-2)18(17(13)21(29)35-3)22(30)36-9-23(24,25)37(31,32)33;2*1-4-10-16(11-5-1)19(17-12-6-2-7-13-17)18-14-8-3-9-15-18;1-20-10(15)8-6-2-3-7(4-6)9(8)11(16)21-5-12(13,14)22(17,18)19;1-7-12-14-10(15-13-7)8-3-5-9(6-4-8)11(16)17-2;/h4-7,13-15,17-18,27H,8-9H2,1-3H3,(H,31,32,33);2*1-15H;2-3,6-9H,4-5H2,1H3,(H,17,18,19);3-6H,1-2H3;1H4/q;2*+1;;;. The summed E-state index contributed by atoms with van der Waals surface area (Å²) in [6, 6.07) is 77.4. The number of hydrazone groups is 1. The van der Waals surface area contributed by atoms with Gasteiger partial charge in [0, 0.05) is 17.2 Å². The number of rotatable bonds is 20. The van der Waals surface area contributed by atoms with E-state index in [1.54, 1.807) is 74.5 Å². The molecule has 602 valence electrons. The molecular weight excluding hydrogens is 1570 g/mol. The van der Waals surface area contributed by atoms with Crippen molar-refractivity contribution >= 4 is 89.3 Å². The summed E-state index contributed by atoms with van der Waals surface area (Å²) in [6.07, 6.45) is 4.26. The maximum absolute atomic E-state index is 13.7. The van der Waals surface area contributed by atoms with Crippen LogP contribution in [-0.2, 0) is 89.6 Å². The highest BCUT2D eigenvalue weighted by molar-refractivity contribution is 7.97. The lowest BCUT2D eigenvalue weighted by molar-refractivity contribution is -0.164. The zero-order chi connectivity index (χ0) is 82.1. The summed E-state index contributed by atoms with van der Waals surface area (Å²) in [5.74, 6) is -9.83. The number of carbonyl (C=O) groups is 6. The maximum Gasteiger partial charge on any atom is 0.402 e. The molecule has 0 spiro atoms. The quantitative estimate of drug-likeness (QED) is 0.0159. The number of fused-ring (bicyclic) bond motifs is 7. The first kappa shape index (κ1) is 87.7. The highest BCUT2D eigenvalue weighted by Crippen LogP contribution is 2.61. The molecule has 8 aromatic carbocycles. The molecule has 14 rings (SSSR count). The Hall–Kier alpha value is -11.3. The Kier molecular flexibility index (Phi) is 29.9. The summed E-state index contributed by atoms with van der Waals surface area (Å²) in [5, 5.41) is 10.5. The van der Waals surface area contributed by atoms with Gasteiger partial charge in [-0.2, -0.15) is 39.5 Å². The Labute approximate surface area is 668 Å². The molecule has 9 atom stereocenters. The van der Waals surface area contributed by atoms with Crippen LogP contribution in [0.25, 0.3) is 17.1 Å². The van der Waals surface area contributed by atoms with Gasteiger partial charge >= 0.3 is 66.6 Å². The van der Waals surface area contributed by atoms with Crippen LogP contribution in [-0.4, -0.2) is 140 Å². The normalized spacial score (nSPS) is 19.4. The molecule has 2 heterocycles. The molecule has 4 bridgehead atoms. The van der Waals surface area contributed by atoms with Gasteiger partial charge in [0.15, 0.2) is 48.4 Å². The van der Waals surface area contributed by atoms with E-state index in [4.69, 9.17) is 18.6 Å². The monoisotopic (exact) mass is 1650 g/mol. The molecule has 4 aliphatic carbocycles. The fraction of sp³-hybridized carbons (Fsp3) is 0.265. The number of allylic oxidation sites excluding steroid dienone is 3. The summed E-state index contributed by atoms with van der Waals surface area (Å²) in [7, 11) is -6.65. The van der Waals surface area contributed by atoms with Crippen LogP contribution in [0, 0.1) is 60.2 Å². The molecule has 5 aliphatic rings. The van der Waals surface area contributed by atoms with Crippen molar-refractivity contribution in [2.75, 3.05) is 41.7 Å². The number of aromatic nitrogens is 4. The molecule has 0 radical (unpaired) electrons. The Morgan fingerprint density at radius 3 is 1.11 bits per heavy atom. The van der Waals surface area contributed by atoms with Crippen molar-refractivity contribution < 1.29 is 101 Å². The van der Waals surface area contributed by atoms with Crippen molar-refractivity contribution in [1.82, 2.24) is 25.8 Å². The Morgan fingerprint density at radius 2 is 0.774 bits per heavy atom. The first-order chi connectivity index (χ1) is 54.5. The van der Waals surface area contributed by atoms with Crippen molar-refractivity contribution in [3.05, 3.63) is 271 Å². The molecule has 1 aromatic heterocycles. The molecule has 0 saturated heterocycles. The number of ether oxygens (including phenoxy) is 6. The summed E-state index contributed by atoms with van der Waals surface area (Å²) in [4.78, 5) is 80.6. The van der Waals surface area contributed by atoms with E-state index in [1.165, 1.54) is 43.6 Å². The molecule has 3 N–H and O–H groups in total. The third-order valence-corrected chi connectivity index (χ3v) is 25.3. The lowest BCUT2D eigenvalue weighted by Gasteiger charge is -2.38. The van der Waals surface area contributed by atoms with Crippen LogP contribution < -0.4 is 5.43 Å². The van der Waals surface area contributed by atoms with Crippen molar-refractivity contribution in [2.45, 2.75) is 74.0 Å². The number of alkyl halides is 4. The number of hydrogen-bond acceptors (Lipinski definition) is 22. The van der Waals surface area contributed by atoms with Crippen molar-refractivity contribution in [3.8, 4) is 11.4 Å². The number of methoxy groups -OCH3 is 4. The average molecular weight is 1660 g/mol. The van der Waals surface area contributed by atoms with Gasteiger partial charge in [-0.3, -0.25) is 33.7 Å². The van der Waals surface area contributed by atoms with E-state index >= 15 is 0 Å². The van der Waals surface area contributed by atoms with Crippen LogP contribution in [0.5, 0.6) is 0 Å². The third-order valence-electron chi connectivity index (χ3n) is 19.1. The van der Waals surface area contributed by atoms with Crippen LogP contribution in [0.4, 0.5) is 17.6 Å². The summed E-state index contributed by atoms with van der Waals surface area (Å²) in [5.41, 5.74) is 7.00. The number of halogens is 4. The molecule has 9 unspecified atom stereocenters. The van der Waals surface area contributed by atoms with Gasteiger partial charge in [-0.1, -0.05) is 153 Å². The topological polar surface area (TPSA) is 342 Å². The molecule has 3 saturated carbocycles. The number of carbonyl (C=O) groups excluding carboxylic acids is 6. The van der Waals surface area contributed by atoms with Crippen molar-refractivity contribution in [2.24, 2.45) is 58.4 Å². The van der Waals surface area contributed by atoms with E-state index < -0.39 is 109 Å².